The van der Waals surface area contributed by atoms with Gasteiger partial charge >= 0.3 is 12.1 Å². The number of thioether (sulfide) groups is 1. The van der Waals surface area contributed by atoms with Crippen molar-refractivity contribution in [2.24, 2.45) is 0 Å². The minimum absolute atomic E-state index is 0.141. The third kappa shape index (κ3) is 5.87. The van der Waals surface area contributed by atoms with E-state index in [9.17, 15) is 14.4 Å². The molecule has 1 heterocycles. The van der Waals surface area contributed by atoms with Crippen molar-refractivity contribution in [1.82, 2.24) is 9.80 Å². The topological polar surface area (TPSA) is 76.2 Å². The fraction of sp³-hybridized carbons (Fsp3) is 0.381. The van der Waals surface area contributed by atoms with Crippen LogP contribution in [0.5, 0.6) is 0 Å². The molecule has 3 rings (SSSR count). The zero-order valence-electron chi connectivity index (χ0n) is 16.3. The molecule has 154 valence electrons. The molecule has 0 bridgehead atoms. The summed E-state index contributed by atoms with van der Waals surface area (Å²) in [5.41, 5.74) is 0. The average molecular weight is 416 g/mol. The molecule has 2 aromatic carbocycles. The molecule has 7 nitrogen and oxygen atoms in total. The molecule has 0 atom stereocenters. The molecule has 1 aliphatic heterocycles. The Bertz CT molecular complexity index is 880. The summed E-state index contributed by atoms with van der Waals surface area (Å²) in [4.78, 5) is 40.0. The molecule has 0 spiro atoms. The van der Waals surface area contributed by atoms with Gasteiger partial charge in [-0.25, -0.2) is 4.79 Å². The maximum absolute atomic E-state index is 12.2. The van der Waals surface area contributed by atoms with Crippen LogP contribution < -0.4 is 0 Å². The van der Waals surface area contributed by atoms with E-state index in [-0.39, 0.29) is 24.4 Å². The molecule has 0 aromatic heterocycles. The Labute approximate surface area is 173 Å². The maximum atomic E-state index is 12.2. The van der Waals surface area contributed by atoms with Crippen molar-refractivity contribution in [1.29, 1.82) is 0 Å². The monoisotopic (exact) mass is 416 g/mol. The van der Waals surface area contributed by atoms with E-state index in [1.165, 1.54) is 11.8 Å². The number of hydrogen-bond donors (Lipinski definition) is 0. The second-order valence-corrected chi connectivity index (χ2v) is 7.57. The van der Waals surface area contributed by atoms with Gasteiger partial charge in [0.1, 0.15) is 0 Å². The number of carbonyl (C=O) groups excluding carboxylic acids is 3. The summed E-state index contributed by atoms with van der Waals surface area (Å²) in [5, 5.41) is 2.26. The number of fused-ring (bicyclic) bond motifs is 1. The first-order valence-electron chi connectivity index (χ1n) is 9.53. The van der Waals surface area contributed by atoms with Crippen LogP contribution in [0, 0.1) is 0 Å². The molecular weight excluding hydrogens is 392 g/mol. The summed E-state index contributed by atoms with van der Waals surface area (Å²) < 4.78 is 10.1. The normalized spacial score (nSPS) is 14.0. The Morgan fingerprint density at radius 3 is 2.34 bits per heavy atom. The van der Waals surface area contributed by atoms with Gasteiger partial charge in [-0.1, -0.05) is 30.3 Å². The van der Waals surface area contributed by atoms with E-state index in [0.717, 1.165) is 15.7 Å². The minimum atomic E-state index is -0.429. The predicted octanol–water partition coefficient (Wildman–Crippen LogP) is 2.78. The molecule has 1 fully saturated rings. The second kappa shape index (κ2) is 10.2. The van der Waals surface area contributed by atoms with Gasteiger partial charge in [-0.3, -0.25) is 9.59 Å². The second-order valence-electron chi connectivity index (χ2n) is 6.53. The van der Waals surface area contributed by atoms with Crippen LogP contribution in [0.3, 0.4) is 0 Å². The van der Waals surface area contributed by atoms with E-state index < -0.39 is 5.97 Å². The lowest BCUT2D eigenvalue weighted by atomic mass is 10.1. The number of esters is 1. The third-order valence-electron chi connectivity index (χ3n) is 4.59. The largest absolute Gasteiger partial charge is 0.455 e. The molecule has 0 N–H and O–H groups in total. The van der Waals surface area contributed by atoms with Crippen LogP contribution in [0.4, 0.5) is 4.79 Å². The van der Waals surface area contributed by atoms with Crippen LogP contribution >= 0.6 is 11.8 Å². The molecule has 1 aliphatic rings. The highest BCUT2D eigenvalue weighted by molar-refractivity contribution is 8.00. The van der Waals surface area contributed by atoms with Crippen molar-refractivity contribution >= 4 is 40.5 Å². The van der Waals surface area contributed by atoms with Crippen LogP contribution in [-0.2, 0) is 19.1 Å². The summed E-state index contributed by atoms with van der Waals surface area (Å²) in [6.45, 7) is 3.43. The van der Waals surface area contributed by atoms with E-state index in [0.29, 0.717) is 32.8 Å². The summed E-state index contributed by atoms with van der Waals surface area (Å²) in [6.07, 6.45) is -0.364. The van der Waals surface area contributed by atoms with E-state index in [1.807, 2.05) is 42.5 Å². The zero-order valence-corrected chi connectivity index (χ0v) is 17.2. The third-order valence-corrected chi connectivity index (χ3v) is 5.56. The highest BCUT2D eigenvalue weighted by Gasteiger charge is 2.25. The molecule has 29 heavy (non-hydrogen) atoms. The van der Waals surface area contributed by atoms with Crippen LogP contribution in [-0.4, -0.2) is 72.9 Å². The molecule has 0 aliphatic carbocycles. The number of piperazine rings is 1. The van der Waals surface area contributed by atoms with Gasteiger partial charge in [-0.2, -0.15) is 0 Å². The number of amides is 2. The zero-order chi connectivity index (χ0) is 20.6. The first kappa shape index (κ1) is 21.0. The van der Waals surface area contributed by atoms with Gasteiger partial charge in [0.25, 0.3) is 5.91 Å². The highest BCUT2D eigenvalue weighted by atomic mass is 32.2. The lowest BCUT2D eigenvalue weighted by Gasteiger charge is -2.33. The van der Waals surface area contributed by atoms with Gasteiger partial charge in [0.05, 0.1) is 12.4 Å². The quantitative estimate of drug-likeness (QED) is 0.532. The van der Waals surface area contributed by atoms with Crippen molar-refractivity contribution in [2.45, 2.75) is 11.8 Å². The summed E-state index contributed by atoms with van der Waals surface area (Å²) in [5.74, 6) is -0.540. The summed E-state index contributed by atoms with van der Waals surface area (Å²) >= 11 is 1.38. The molecule has 0 saturated carbocycles. The fourth-order valence-electron chi connectivity index (χ4n) is 3.03. The lowest BCUT2D eigenvalue weighted by Crippen LogP contribution is -2.51. The van der Waals surface area contributed by atoms with E-state index in [1.54, 1.807) is 16.7 Å². The number of benzene rings is 2. The van der Waals surface area contributed by atoms with Gasteiger partial charge in [0.15, 0.2) is 6.61 Å². The molecular formula is C21H24N2O5S. The minimum Gasteiger partial charge on any atom is -0.455 e. The molecule has 0 unspecified atom stereocenters. The van der Waals surface area contributed by atoms with E-state index in [4.69, 9.17) is 9.47 Å². The lowest BCUT2D eigenvalue weighted by molar-refractivity contribution is -0.150. The number of nitrogens with zero attached hydrogens (tertiary/aromatic N) is 2. The standard InChI is InChI=1S/C21H24N2O5S/c1-2-27-21(26)23-11-9-22(10-12-23)19(24)14-28-20(25)15-29-18-8-7-16-5-3-4-6-17(16)13-18/h3-8,13H,2,9-12,14-15H2,1H3. The first-order chi connectivity index (χ1) is 14.1. The van der Waals surface area contributed by atoms with Crippen molar-refractivity contribution in [3.8, 4) is 0 Å². The Morgan fingerprint density at radius 1 is 0.931 bits per heavy atom. The van der Waals surface area contributed by atoms with Crippen LogP contribution in [0.15, 0.2) is 47.4 Å². The van der Waals surface area contributed by atoms with Crippen LogP contribution in [0.2, 0.25) is 0 Å². The number of rotatable bonds is 6. The van der Waals surface area contributed by atoms with Crippen molar-refractivity contribution in [3.05, 3.63) is 42.5 Å². The predicted molar refractivity (Wildman–Crippen MR) is 111 cm³/mol. The Balaban J connectivity index is 1.39. The van der Waals surface area contributed by atoms with E-state index in [2.05, 4.69) is 0 Å². The Hall–Kier alpha value is -2.74. The van der Waals surface area contributed by atoms with Crippen molar-refractivity contribution in [2.75, 3.05) is 45.1 Å². The number of hydrogen-bond acceptors (Lipinski definition) is 6. The molecule has 0 radical (unpaired) electrons. The average Bonchev–Trinajstić information content (AvgIpc) is 2.76. The number of ether oxygens (including phenoxy) is 2. The van der Waals surface area contributed by atoms with Crippen LogP contribution in [0.1, 0.15) is 6.92 Å². The summed E-state index contributed by atoms with van der Waals surface area (Å²) in [6, 6.07) is 14.0. The SMILES string of the molecule is CCOC(=O)N1CCN(C(=O)COC(=O)CSc2ccc3ccccc3c2)CC1. The molecule has 8 heteroatoms. The molecule has 2 amide bonds. The van der Waals surface area contributed by atoms with Gasteiger partial charge in [0, 0.05) is 31.1 Å². The van der Waals surface area contributed by atoms with E-state index >= 15 is 0 Å². The Kier molecular flexibility index (Phi) is 7.35. The van der Waals surface area contributed by atoms with Crippen molar-refractivity contribution < 1.29 is 23.9 Å². The van der Waals surface area contributed by atoms with Gasteiger partial charge < -0.3 is 19.3 Å². The molecule has 2 aromatic rings. The van der Waals surface area contributed by atoms with Crippen molar-refractivity contribution in [3.63, 3.8) is 0 Å². The van der Waals surface area contributed by atoms with Crippen LogP contribution in [0.25, 0.3) is 10.8 Å². The van der Waals surface area contributed by atoms with Gasteiger partial charge in [0.2, 0.25) is 0 Å². The maximum Gasteiger partial charge on any atom is 0.409 e. The Morgan fingerprint density at radius 2 is 1.62 bits per heavy atom. The first-order valence-corrected chi connectivity index (χ1v) is 10.5. The number of carbonyl (C=O) groups is 3. The van der Waals surface area contributed by atoms with Gasteiger partial charge in [-0.05, 0) is 29.8 Å². The smallest absolute Gasteiger partial charge is 0.409 e. The molecule has 1 saturated heterocycles. The summed E-state index contributed by atoms with van der Waals surface area (Å²) in [7, 11) is 0. The highest BCUT2D eigenvalue weighted by Crippen LogP contribution is 2.23. The van der Waals surface area contributed by atoms with Gasteiger partial charge in [-0.15, -0.1) is 11.8 Å². The fourth-order valence-corrected chi connectivity index (χ4v) is 3.77.